The number of carboxylic acids is 2. The van der Waals surface area contributed by atoms with Gasteiger partial charge in [0.05, 0.1) is 0 Å². The number of carboxylic acid groups (broad SMARTS) is 2. The Balaban J connectivity index is 3.03. The fourth-order valence-corrected chi connectivity index (χ4v) is 4.97. The van der Waals surface area contributed by atoms with Crippen LogP contribution in [0, 0.1) is 0 Å². The Morgan fingerprint density at radius 2 is 0.371 bits per heavy atom. The third-order valence-corrected chi connectivity index (χ3v) is 7.28. The highest BCUT2D eigenvalue weighted by molar-refractivity contribution is 5.66. The molecule has 208 valence electrons. The van der Waals surface area contributed by atoms with Crippen LogP contribution in [-0.2, 0) is 9.59 Å². The predicted octanol–water partition coefficient (Wildman–Crippen LogP) is 10.5. The van der Waals surface area contributed by atoms with Gasteiger partial charge in [0.15, 0.2) is 0 Å². The Kier molecular flexibility index (Phi) is 28.3. The van der Waals surface area contributed by atoms with Gasteiger partial charge in [-0.15, -0.1) is 0 Å². The summed E-state index contributed by atoms with van der Waals surface area (Å²) in [4.78, 5) is 20.9. The van der Waals surface area contributed by atoms with Crippen LogP contribution in [0.15, 0.2) is 0 Å². The fourth-order valence-electron chi connectivity index (χ4n) is 4.97. The Morgan fingerprint density at radius 3 is 0.486 bits per heavy atom. The van der Waals surface area contributed by atoms with E-state index in [1.807, 2.05) is 0 Å². The topological polar surface area (TPSA) is 74.6 Å². The van der Waals surface area contributed by atoms with E-state index in [4.69, 9.17) is 10.2 Å². The van der Waals surface area contributed by atoms with Gasteiger partial charge in [-0.25, -0.2) is 0 Å². The Labute approximate surface area is 218 Å². The van der Waals surface area contributed by atoms with E-state index in [1.165, 1.54) is 148 Å². The first-order valence-electron chi connectivity index (χ1n) is 15.6. The summed E-state index contributed by atoms with van der Waals surface area (Å²) in [6, 6.07) is 0. The summed E-state index contributed by atoms with van der Waals surface area (Å²) in [5, 5.41) is 17.2. The largest absolute Gasteiger partial charge is 0.481 e. The molecule has 0 atom stereocenters. The molecule has 0 saturated heterocycles. The molecule has 0 aromatic rings. The zero-order valence-corrected chi connectivity index (χ0v) is 23.2. The molecule has 0 amide bonds. The van der Waals surface area contributed by atoms with Crippen LogP contribution in [-0.4, -0.2) is 22.2 Å². The molecular formula is C31H60O4. The van der Waals surface area contributed by atoms with E-state index in [0.29, 0.717) is 12.8 Å². The number of unbranched alkanes of at least 4 members (excludes halogenated alkanes) is 26. The van der Waals surface area contributed by atoms with Crippen LogP contribution in [0.25, 0.3) is 0 Å². The van der Waals surface area contributed by atoms with Crippen LogP contribution >= 0.6 is 0 Å². The minimum atomic E-state index is -0.657. The molecule has 4 nitrogen and oxygen atoms in total. The van der Waals surface area contributed by atoms with Crippen molar-refractivity contribution in [2.45, 2.75) is 186 Å². The zero-order chi connectivity index (χ0) is 25.7. The Morgan fingerprint density at radius 1 is 0.257 bits per heavy atom. The standard InChI is InChI=1S/C31H60O4/c32-30(33)28-26-24-22-20-18-16-14-12-10-8-6-4-2-1-3-5-7-9-11-13-15-17-19-21-23-25-27-29-31(34)35/h1-29H2,(H,32,33)(H,34,35). The van der Waals surface area contributed by atoms with E-state index in [1.54, 1.807) is 0 Å². The maximum absolute atomic E-state index is 10.4. The first-order chi connectivity index (χ1) is 17.1. The molecule has 2 N–H and O–H groups in total. The minimum absolute atomic E-state index is 0.337. The molecule has 0 aliphatic carbocycles. The van der Waals surface area contributed by atoms with Crippen molar-refractivity contribution in [2.24, 2.45) is 0 Å². The van der Waals surface area contributed by atoms with Crippen molar-refractivity contribution < 1.29 is 19.8 Å². The summed E-state index contributed by atoms with van der Waals surface area (Å²) in [5.74, 6) is -1.31. The van der Waals surface area contributed by atoms with Crippen LogP contribution in [0.5, 0.6) is 0 Å². The second-order valence-corrected chi connectivity index (χ2v) is 10.8. The van der Waals surface area contributed by atoms with Gasteiger partial charge in [0.1, 0.15) is 0 Å². The lowest BCUT2D eigenvalue weighted by molar-refractivity contribution is -0.138. The zero-order valence-electron chi connectivity index (χ0n) is 23.2. The van der Waals surface area contributed by atoms with Gasteiger partial charge in [0.2, 0.25) is 0 Å². The molecule has 0 aliphatic heterocycles. The molecule has 0 fully saturated rings. The summed E-state index contributed by atoms with van der Waals surface area (Å²) < 4.78 is 0. The summed E-state index contributed by atoms with van der Waals surface area (Å²) in [6.07, 6.45) is 36.0. The molecule has 0 unspecified atom stereocenters. The summed E-state index contributed by atoms with van der Waals surface area (Å²) >= 11 is 0. The SMILES string of the molecule is O=C(O)CCCCCCCCCCCCCCCCCCCCCCCCCCCCCC(=O)O. The smallest absolute Gasteiger partial charge is 0.303 e. The van der Waals surface area contributed by atoms with Crippen molar-refractivity contribution in [3.8, 4) is 0 Å². The van der Waals surface area contributed by atoms with Gasteiger partial charge in [0.25, 0.3) is 0 Å². The summed E-state index contributed by atoms with van der Waals surface area (Å²) in [7, 11) is 0. The quantitative estimate of drug-likeness (QED) is 0.0969. The van der Waals surface area contributed by atoms with Gasteiger partial charge in [-0.05, 0) is 12.8 Å². The van der Waals surface area contributed by atoms with Crippen molar-refractivity contribution in [1.29, 1.82) is 0 Å². The second kappa shape index (κ2) is 29.2. The number of hydrogen-bond acceptors (Lipinski definition) is 2. The average Bonchev–Trinajstić information content (AvgIpc) is 2.82. The highest BCUT2D eigenvalue weighted by Gasteiger charge is 1.99. The van der Waals surface area contributed by atoms with Crippen LogP contribution in [0.4, 0.5) is 0 Å². The van der Waals surface area contributed by atoms with Gasteiger partial charge in [-0.1, -0.05) is 161 Å². The van der Waals surface area contributed by atoms with Crippen LogP contribution < -0.4 is 0 Å². The molecule has 0 saturated carbocycles. The van der Waals surface area contributed by atoms with E-state index in [0.717, 1.165) is 25.7 Å². The molecule has 0 rings (SSSR count). The van der Waals surface area contributed by atoms with E-state index in [9.17, 15) is 9.59 Å². The molecule has 35 heavy (non-hydrogen) atoms. The first kappa shape index (κ1) is 33.9. The van der Waals surface area contributed by atoms with Gasteiger partial charge >= 0.3 is 11.9 Å². The molecule has 0 aliphatic rings. The normalized spacial score (nSPS) is 11.2. The van der Waals surface area contributed by atoms with Gasteiger partial charge in [-0.3, -0.25) is 9.59 Å². The highest BCUT2D eigenvalue weighted by atomic mass is 16.4. The molecule has 0 radical (unpaired) electrons. The van der Waals surface area contributed by atoms with Crippen molar-refractivity contribution in [2.75, 3.05) is 0 Å². The average molecular weight is 497 g/mol. The molecule has 4 heteroatoms. The lowest BCUT2D eigenvalue weighted by Gasteiger charge is -2.04. The van der Waals surface area contributed by atoms with Gasteiger partial charge in [0, 0.05) is 12.8 Å². The van der Waals surface area contributed by atoms with Crippen LogP contribution in [0.3, 0.4) is 0 Å². The van der Waals surface area contributed by atoms with Crippen molar-refractivity contribution in [1.82, 2.24) is 0 Å². The maximum Gasteiger partial charge on any atom is 0.303 e. The molecular weight excluding hydrogens is 436 g/mol. The first-order valence-corrected chi connectivity index (χ1v) is 15.6. The van der Waals surface area contributed by atoms with Gasteiger partial charge < -0.3 is 10.2 Å². The Hall–Kier alpha value is -1.06. The molecule has 0 aromatic carbocycles. The molecule has 0 bridgehead atoms. The van der Waals surface area contributed by atoms with Crippen molar-refractivity contribution in [3.63, 3.8) is 0 Å². The fraction of sp³-hybridized carbons (Fsp3) is 0.935. The number of hydrogen-bond donors (Lipinski definition) is 2. The van der Waals surface area contributed by atoms with Gasteiger partial charge in [-0.2, -0.15) is 0 Å². The highest BCUT2D eigenvalue weighted by Crippen LogP contribution is 2.16. The number of aliphatic carboxylic acids is 2. The molecule has 0 spiro atoms. The third-order valence-electron chi connectivity index (χ3n) is 7.28. The van der Waals surface area contributed by atoms with E-state index >= 15 is 0 Å². The monoisotopic (exact) mass is 496 g/mol. The third kappa shape index (κ3) is 32.9. The lowest BCUT2D eigenvalue weighted by Crippen LogP contribution is -1.93. The minimum Gasteiger partial charge on any atom is -0.481 e. The van der Waals surface area contributed by atoms with Crippen LogP contribution in [0.1, 0.15) is 186 Å². The second-order valence-electron chi connectivity index (χ2n) is 10.8. The molecule has 0 heterocycles. The molecule has 0 aromatic heterocycles. The Bertz CT molecular complexity index is 409. The van der Waals surface area contributed by atoms with Crippen molar-refractivity contribution in [3.05, 3.63) is 0 Å². The van der Waals surface area contributed by atoms with E-state index in [2.05, 4.69) is 0 Å². The van der Waals surface area contributed by atoms with E-state index < -0.39 is 11.9 Å². The summed E-state index contributed by atoms with van der Waals surface area (Å²) in [5.41, 5.74) is 0. The maximum atomic E-state index is 10.4. The summed E-state index contributed by atoms with van der Waals surface area (Å²) in [6.45, 7) is 0. The van der Waals surface area contributed by atoms with E-state index in [-0.39, 0.29) is 0 Å². The predicted molar refractivity (Wildman–Crippen MR) is 149 cm³/mol. The van der Waals surface area contributed by atoms with Crippen LogP contribution in [0.2, 0.25) is 0 Å². The number of carbonyl (C=O) groups is 2. The lowest BCUT2D eigenvalue weighted by atomic mass is 10.0. The number of rotatable bonds is 30. The van der Waals surface area contributed by atoms with Crippen molar-refractivity contribution >= 4 is 11.9 Å².